The van der Waals surface area contributed by atoms with E-state index in [2.05, 4.69) is 58.9 Å². The van der Waals surface area contributed by atoms with Gasteiger partial charge in [0.15, 0.2) is 0 Å². The summed E-state index contributed by atoms with van der Waals surface area (Å²) in [5, 5.41) is 10.2. The van der Waals surface area contributed by atoms with Crippen LogP contribution in [0.5, 0.6) is 5.75 Å². The predicted octanol–water partition coefficient (Wildman–Crippen LogP) is 4.80. The minimum absolute atomic E-state index is 0.388. The number of anilines is 1. The fourth-order valence-electron chi connectivity index (χ4n) is 2.34. The highest BCUT2D eigenvalue weighted by molar-refractivity contribution is 9.10. The van der Waals surface area contributed by atoms with Crippen LogP contribution in [0.25, 0.3) is 0 Å². The third-order valence-electron chi connectivity index (χ3n) is 3.45. The molecule has 0 fully saturated rings. The van der Waals surface area contributed by atoms with Gasteiger partial charge < -0.3 is 10.0 Å². The summed E-state index contributed by atoms with van der Waals surface area (Å²) in [5.74, 6) is 0.388. The Labute approximate surface area is 129 Å². The van der Waals surface area contributed by atoms with Crippen molar-refractivity contribution in [3.05, 3.63) is 57.6 Å². The third-order valence-corrected chi connectivity index (χ3v) is 3.91. The molecule has 0 radical (unpaired) electrons. The van der Waals surface area contributed by atoms with Crippen molar-refractivity contribution in [2.75, 3.05) is 11.4 Å². The molecule has 0 aromatic heterocycles. The summed E-state index contributed by atoms with van der Waals surface area (Å²) in [4.78, 5) is 2.26. The van der Waals surface area contributed by atoms with Gasteiger partial charge in [0.1, 0.15) is 5.75 Å². The number of aryl methyl sites for hydroxylation is 2. The first-order valence-corrected chi connectivity index (χ1v) is 7.60. The molecule has 0 aliphatic heterocycles. The minimum atomic E-state index is 0.388. The topological polar surface area (TPSA) is 23.5 Å². The molecule has 0 saturated heterocycles. The fourth-order valence-corrected chi connectivity index (χ4v) is 2.96. The fraction of sp³-hybridized carbons (Fsp3) is 0.294. The summed E-state index contributed by atoms with van der Waals surface area (Å²) in [6.07, 6.45) is 0. The Morgan fingerprint density at radius 2 is 1.90 bits per heavy atom. The van der Waals surface area contributed by atoms with Crippen LogP contribution in [0, 0.1) is 13.8 Å². The van der Waals surface area contributed by atoms with Crippen molar-refractivity contribution in [2.45, 2.75) is 27.3 Å². The molecule has 1 N–H and O–H groups in total. The number of hydrogen-bond acceptors (Lipinski definition) is 2. The third kappa shape index (κ3) is 3.34. The highest BCUT2D eigenvalue weighted by Gasteiger charge is 2.11. The SMILES string of the molecule is CCN(Cc1cc(Br)cc(C)c1O)c1cccc(C)c1. The molecule has 0 heterocycles. The van der Waals surface area contributed by atoms with E-state index in [1.807, 2.05) is 19.1 Å². The van der Waals surface area contributed by atoms with Gasteiger partial charge in [-0.2, -0.15) is 0 Å². The summed E-state index contributed by atoms with van der Waals surface area (Å²) in [5.41, 5.74) is 4.27. The largest absolute Gasteiger partial charge is 0.507 e. The van der Waals surface area contributed by atoms with Gasteiger partial charge in [-0.25, -0.2) is 0 Å². The van der Waals surface area contributed by atoms with Crippen LogP contribution in [0.1, 0.15) is 23.6 Å². The van der Waals surface area contributed by atoms with E-state index >= 15 is 0 Å². The van der Waals surface area contributed by atoms with Crippen LogP contribution in [-0.2, 0) is 6.54 Å². The lowest BCUT2D eigenvalue weighted by atomic mass is 10.1. The maximum absolute atomic E-state index is 10.2. The molecule has 2 nitrogen and oxygen atoms in total. The second kappa shape index (κ2) is 6.31. The molecule has 0 aliphatic rings. The van der Waals surface area contributed by atoms with Crippen LogP contribution in [-0.4, -0.2) is 11.7 Å². The van der Waals surface area contributed by atoms with E-state index in [0.717, 1.165) is 22.1 Å². The zero-order chi connectivity index (χ0) is 14.7. The van der Waals surface area contributed by atoms with Crippen LogP contribution in [0.3, 0.4) is 0 Å². The summed E-state index contributed by atoms with van der Waals surface area (Å²) in [7, 11) is 0. The number of halogens is 1. The molecule has 0 atom stereocenters. The molecule has 0 saturated carbocycles. The van der Waals surface area contributed by atoms with Crippen molar-refractivity contribution in [1.82, 2.24) is 0 Å². The van der Waals surface area contributed by atoms with E-state index in [4.69, 9.17) is 0 Å². The number of nitrogens with zero attached hydrogens (tertiary/aromatic N) is 1. The van der Waals surface area contributed by atoms with Gasteiger partial charge in [0, 0.05) is 28.8 Å². The van der Waals surface area contributed by atoms with Crippen molar-refractivity contribution in [1.29, 1.82) is 0 Å². The van der Waals surface area contributed by atoms with Crippen LogP contribution in [0.4, 0.5) is 5.69 Å². The molecular formula is C17H20BrNO. The lowest BCUT2D eigenvalue weighted by Gasteiger charge is -2.24. The Balaban J connectivity index is 2.31. The molecule has 2 rings (SSSR count). The van der Waals surface area contributed by atoms with Gasteiger partial charge in [-0.3, -0.25) is 0 Å². The molecular weight excluding hydrogens is 314 g/mol. The summed E-state index contributed by atoms with van der Waals surface area (Å²) >= 11 is 3.50. The van der Waals surface area contributed by atoms with Crippen molar-refractivity contribution >= 4 is 21.6 Å². The lowest BCUT2D eigenvalue weighted by molar-refractivity contribution is 0.463. The van der Waals surface area contributed by atoms with Crippen molar-refractivity contribution in [2.24, 2.45) is 0 Å². The van der Waals surface area contributed by atoms with E-state index in [1.165, 1.54) is 11.3 Å². The zero-order valence-electron chi connectivity index (χ0n) is 12.2. The quantitative estimate of drug-likeness (QED) is 0.868. The average Bonchev–Trinajstić information content (AvgIpc) is 2.41. The summed E-state index contributed by atoms with van der Waals surface area (Å²) in [6, 6.07) is 12.4. The Hall–Kier alpha value is -1.48. The van der Waals surface area contributed by atoms with Crippen molar-refractivity contribution in [3.8, 4) is 5.75 Å². The zero-order valence-corrected chi connectivity index (χ0v) is 13.7. The van der Waals surface area contributed by atoms with Gasteiger partial charge in [0.05, 0.1) is 0 Å². The van der Waals surface area contributed by atoms with E-state index < -0.39 is 0 Å². The van der Waals surface area contributed by atoms with Crippen molar-refractivity contribution in [3.63, 3.8) is 0 Å². The highest BCUT2D eigenvalue weighted by atomic mass is 79.9. The second-order valence-corrected chi connectivity index (χ2v) is 6.00. The summed E-state index contributed by atoms with van der Waals surface area (Å²) < 4.78 is 1.00. The number of phenols is 1. The Morgan fingerprint density at radius 3 is 2.55 bits per heavy atom. The molecule has 2 aromatic rings. The number of aromatic hydroxyl groups is 1. The molecule has 3 heteroatoms. The van der Waals surface area contributed by atoms with Crippen molar-refractivity contribution < 1.29 is 5.11 Å². The van der Waals surface area contributed by atoms with Gasteiger partial charge in [0.2, 0.25) is 0 Å². The first-order chi connectivity index (χ1) is 9.51. The molecule has 0 bridgehead atoms. The van der Waals surface area contributed by atoms with Crippen LogP contribution < -0.4 is 4.90 Å². The number of phenolic OH excluding ortho intramolecular Hbond substituents is 1. The van der Waals surface area contributed by atoms with Gasteiger partial charge in [-0.1, -0.05) is 28.1 Å². The molecule has 0 aliphatic carbocycles. The van der Waals surface area contributed by atoms with E-state index in [1.54, 1.807) is 0 Å². The predicted molar refractivity (Wildman–Crippen MR) is 88.4 cm³/mol. The monoisotopic (exact) mass is 333 g/mol. The normalized spacial score (nSPS) is 10.6. The maximum atomic E-state index is 10.2. The highest BCUT2D eigenvalue weighted by Crippen LogP contribution is 2.29. The molecule has 106 valence electrons. The van der Waals surface area contributed by atoms with Gasteiger partial charge in [-0.05, 0) is 56.2 Å². The van der Waals surface area contributed by atoms with Crippen LogP contribution in [0.2, 0.25) is 0 Å². The van der Waals surface area contributed by atoms with Crippen LogP contribution in [0.15, 0.2) is 40.9 Å². The Bertz CT molecular complexity index is 610. The second-order valence-electron chi connectivity index (χ2n) is 5.08. The Morgan fingerprint density at radius 1 is 1.15 bits per heavy atom. The van der Waals surface area contributed by atoms with Gasteiger partial charge >= 0.3 is 0 Å². The maximum Gasteiger partial charge on any atom is 0.123 e. The number of rotatable bonds is 4. The Kier molecular flexibility index (Phi) is 4.71. The van der Waals surface area contributed by atoms with Crippen LogP contribution >= 0.6 is 15.9 Å². The molecule has 20 heavy (non-hydrogen) atoms. The first-order valence-electron chi connectivity index (χ1n) is 6.81. The lowest BCUT2D eigenvalue weighted by Crippen LogP contribution is -2.22. The number of hydrogen-bond donors (Lipinski definition) is 1. The molecule has 2 aromatic carbocycles. The van der Waals surface area contributed by atoms with Gasteiger partial charge in [0.25, 0.3) is 0 Å². The average molecular weight is 334 g/mol. The summed E-state index contributed by atoms with van der Waals surface area (Å²) in [6.45, 7) is 7.75. The smallest absolute Gasteiger partial charge is 0.123 e. The van der Waals surface area contributed by atoms with E-state index in [9.17, 15) is 5.11 Å². The van der Waals surface area contributed by atoms with E-state index in [-0.39, 0.29) is 0 Å². The van der Waals surface area contributed by atoms with E-state index in [0.29, 0.717) is 12.3 Å². The molecule has 0 unspecified atom stereocenters. The van der Waals surface area contributed by atoms with Gasteiger partial charge in [-0.15, -0.1) is 0 Å². The standard InChI is InChI=1S/C17H20BrNO/c1-4-19(16-7-5-6-12(2)8-16)11-14-10-15(18)9-13(3)17(14)20/h5-10,20H,4,11H2,1-3H3. The number of benzene rings is 2. The molecule has 0 amide bonds. The minimum Gasteiger partial charge on any atom is -0.507 e. The molecule has 0 spiro atoms. The first kappa shape index (κ1) is 14.9.